The summed E-state index contributed by atoms with van der Waals surface area (Å²) >= 11 is 0. The van der Waals surface area contributed by atoms with Gasteiger partial charge in [-0.3, -0.25) is 0 Å². The van der Waals surface area contributed by atoms with Gasteiger partial charge in [0.2, 0.25) is 0 Å². The summed E-state index contributed by atoms with van der Waals surface area (Å²) in [4.78, 5) is 0. The maximum atomic E-state index is 13.2. The first-order valence-corrected chi connectivity index (χ1v) is 6.36. The van der Waals surface area contributed by atoms with Crippen molar-refractivity contribution in [3.8, 4) is 11.5 Å². The Morgan fingerprint density at radius 2 is 1.90 bits per heavy atom. The van der Waals surface area contributed by atoms with Gasteiger partial charge in [0.1, 0.15) is 17.3 Å². The molecule has 1 atom stereocenters. The van der Waals surface area contributed by atoms with Crippen LogP contribution in [-0.4, -0.2) is 14.2 Å². The number of benzene rings is 2. The van der Waals surface area contributed by atoms with Crippen LogP contribution >= 0.6 is 0 Å². The smallest absolute Gasteiger partial charge is 0.127 e. The average molecular weight is 275 g/mol. The quantitative estimate of drug-likeness (QED) is 0.912. The van der Waals surface area contributed by atoms with E-state index in [0.29, 0.717) is 17.9 Å². The van der Waals surface area contributed by atoms with Gasteiger partial charge in [0, 0.05) is 17.7 Å². The molecule has 0 amide bonds. The molecule has 0 aromatic heterocycles. The van der Waals surface area contributed by atoms with Crippen molar-refractivity contribution >= 4 is 0 Å². The van der Waals surface area contributed by atoms with Gasteiger partial charge in [0.05, 0.1) is 14.2 Å². The van der Waals surface area contributed by atoms with E-state index in [0.717, 1.165) is 11.1 Å². The molecular formula is C16H18FNO2. The number of hydrogen-bond acceptors (Lipinski definition) is 3. The lowest BCUT2D eigenvalue weighted by atomic mass is 9.98. The number of nitrogens with two attached hydrogens (primary N) is 1. The summed E-state index contributed by atoms with van der Waals surface area (Å²) in [5, 5.41) is 0. The predicted octanol–water partition coefficient (Wildman–Crippen LogP) is 3.09. The Morgan fingerprint density at radius 1 is 1.10 bits per heavy atom. The molecule has 0 spiro atoms. The molecule has 2 aromatic rings. The molecule has 20 heavy (non-hydrogen) atoms. The van der Waals surface area contributed by atoms with Crippen molar-refractivity contribution in [2.45, 2.75) is 12.5 Å². The van der Waals surface area contributed by atoms with E-state index in [1.54, 1.807) is 26.4 Å². The first-order chi connectivity index (χ1) is 9.63. The number of methoxy groups -OCH3 is 2. The zero-order valence-electron chi connectivity index (χ0n) is 11.6. The van der Waals surface area contributed by atoms with Gasteiger partial charge in [-0.2, -0.15) is 0 Å². The lowest BCUT2D eigenvalue weighted by Crippen LogP contribution is -2.14. The molecule has 0 saturated heterocycles. The topological polar surface area (TPSA) is 44.5 Å². The highest BCUT2D eigenvalue weighted by atomic mass is 19.1. The Balaban J connectivity index is 2.22. The summed E-state index contributed by atoms with van der Waals surface area (Å²) < 4.78 is 23.7. The van der Waals surface area contributed by atoms with Gasteiger partial charge >= 0.3 is 0 Å². The molecule has 0 heterocycles. The van der Waals surface area contributed by atoms with E-state index in [9.17, 15) is 4.39 Å². The van der Waals surface area contributed by atoms with Gasteiger partial charge in [0.15, 0.2) is 0 Å². The molecule has 1 unspecified atom stereocenters. The lowest BCUT2D eigenvalue weighted by molar-refractivity contribution is 0.388. The van der Waals surface area contributed by atoms with Crippen LogP contribution in [0.2, 0.25) is 0 Å². The Kier molecular flexibility index (Phi) is 4.58. The third-order valence-electron chi connectivity index (χ3n) is 3.18. The standard InChI is InChI=1S/C16H18FNO2/c1-19-13-6-7-14(16(10-13)20-2)15(18)9-11-4-3-5-12(17)8-11/h3-8,10,15H,9,18H2,1-2H3. The molecule has 3 nitrogen and oxygen atoms in total. The highest BCUT2D eigenvalue weighted by Gasteiger charge is 2.14. The zero-order chi connectivity index (χ0) is 14.5. The normalized spacial score (nSPS) is 12.0. The van der Waals surface area contributed by atoms with Crippen LogP contribution in [0.5, 0.6) is 11.5 Å². The van der Waals surface area contributed by atoms with Crippen molar-refractivity contribution in [2.24, 2.45) is 5.73 Å². The molecule has 0 aliphatic rings. The van der Waals surface area contributed by atoms with Gasteiger partial charge in [-0.05, 0) is 30.2 Å². The van der Waals surface area contributed by atoms with Crippen molar-refractivity contribution in [1.29, 1.82) is 0 Å². The molecule has 106 valence electrons. The SMILES string of the molecule is COc1ccc(C(N)Cc2cccc(F)c2)c(OC)c1. The fraction of sp³-hybridized carbons (Fsp3) is 0.250. The van der Waals surface area contributed by atoms with Crippen molar-refractivity contribution < 1.29 is 13.9 Å². The second-order valence-electron chi connectivity index (χ2n) is 4.55. The summed E-state index contributed by atoms with van der Waals surface area (Å²) in [6, 6.07) is 11.7. The molecule has 4 heteroatoms. The van der Waals surface area contributed by atoms with Crippen LogP contribution in [0, 0.1) is 5.82 Å². The molecule has 0 aliphatic carbocycles. The molecule has 2 N–H and O–H groups in total. The molecular weight excluding hydrogens is 257 g/mol. The minimum Gasteiger partial charge on any atom is -0.497 e. The zero-order valence-corrected chi connectivity index (χ0v) is 11.6. The fourth-order valence-electron chi connectivity index (χ4n) is 2.15. The van der Waals surface area contributed by atoms with Gasteiger partial charge in [-0.25, -0.2) is 4.39 Å². The van der Waals surface area contributed by atoms with Crippen molar-refractivity contribution in [1.82, 2.24) is 0 Å². The summed E-state index contributed by atoms with van der Waals surface area (Å²) in [6.45, 7) is 0. The predicted molar refractivity (Wildman–Crippen MR) is 76.6 cm³/mol. The van der Waals surface area contributed by atoms with E-state index in [2.05, 4.69) is 0 Å². The van der Waals surface area contributed by atoms with Crippen LogP contribution in [0.1, 0.15) is 17.2 Å². The van der Waals surface area contributed by atoms with Crippen LogP contribution in [0.4, 0.5) is 4.39 Å². The summed E-state index contributed by atoms with van der Waals surface area (Å²) in [7, 11) is 3.19. The Hall–Kier alpha value is -2.07. The van der Waals surface area contributed by atoms with Gasteiger partial charge in [-0.15, -0.1) is 0 Å². The van der Waals surface area contributed by atoms with Crippen LogP contribution in [-0.2, 0) is 6.42 Å². The molecule has 0 radical (unpaired) electrons. The minimum absolute atomic E-state index is 0.253. The number of rotatable bonds is 5. The van der Waals surface area contributed by atoms with E-state index in [1.165, 1.54) is 12.1 Å². The highest BCUT2D eigenvalue weighted by Crippen LogP contribution is 2.30. The van der Waals surface area contributed by atoms with Crippen molar-refractivity contribution in [3.63, 3.8) is 0 Å². The Bertz CT molecular complexity index is 586. The van der Waals surface area contributed by atoms with Crippen LogP contribution in [0.25, 0.3) is 0 Å². The lowest BCUT2D eigenvalue weighted by Gasteiger charge is -2.16. The third kappa shape index (κ3) is 3.27. The van der Waals surface area contributed by atoms with Crippen molar-refractivity contribution in [2.75, 3.05) is 14.2 Å². The molecule has 0 aliphatic heterocycles. The number of hydrogen-bond donors (Lipinski definition) is 1. The second-order valence-corrected chi connectivity index (χ2v) is 4.55. The highest BCUT2D eigenvalue weighted by molar-refractivity contribution is 5.43. The van der Waals surface area contributed by atoms with Gasteiger partial charge < -0.3 is 15.2 Å². The molecule has 0 saturated carbocycles. The third-order valence-corrected chi connectivity index (χ3v) is 3.18. The molecule has 0 bridgehead atoms. The largest absolute Gasteiger partial charge is 0.497 e. The van der Waals surface area contributed by atoms with Gasteiger partial charge in [0.25, 0.3) is 0 Å². The van der Waals surface area contributed by atoms with E-state index in [4.69, 9.17) is 15.2 Å². The summed E-state index contributed by atoms with van der Waals surface area (Å²) in [5.41, 5.74) is 7.93. The van der Waals surface area contributed by atoms with Crippen LogP contribution in [0.3, 0.4) is 0 Å². The van der Waals surface area contributed by atoms with Crippen LogP contribution in [0.15, 0.2) is 42.5 Å². The number of ether oxygens (including phenoxy) is 2. The molecule has 0 fully saturated rings. The second kappa shape index (κ2) is 6.39. The first-order valence-electron chi connectivity index (χ1n) is 6.36. The Labute approximate surface area is 118 Å². The van der Waals surface area contributed by atoms with Gasteiger partial charge in [-0.1, -0.05) is 18.2 Å². The minimum atomic E-state index is -0.266. The number of halogens is 1. The Morgan fingerprint density at radius 3 is 2.55 bits per heavy atom. The average Bonchev–Trinajstić information content (AvgIpc) is 2.46. The van der Waals surface area contributed by atoms with Crippen LogP contribution < -0.4 is 15.2 Å². The maximum Gasteiger partial charge on any atom is 0.127 e. The molecule has 2 rings (SSSR count). The maximum absolute atomic E-state index is 13.2. The van der Waals surface area contributed by atoms with E-state index in [1.807, 2.05) is 18.2 Å². The van der Waals surface area contributed by atoms with E-state index in [-0.39, 0.29) is 11.9 Å². The van der Waals surface area contributed by atoms with E-state index >= 15 is 0 Å². The van der Waals surface area contributed by atoms with E-state index < -0.39 is 0 Å². The summed E-state index contributed by atoms with van der Waals surface area (Å²) in [5.74, 6) is 1.13. The fourth-order valence-corrected chi connectivity index (χ4v) is 2.15. The monoisotopic (exact) mass is 275 g/mol. The summed E-state index contributed by atoms with van der Waals surface area (Å²) in [6.07, 6.45) is 0.542. The first kappa shape index (κ1) is 14.3. The van der Waals surface area contributed by atoms with Crippen molar-refractivity contribution in [3.05, 3.63) is 59.4 Å². The molecule has 2 aromatic carbocycles.